The van der Waals surface area contributed by atoms with Gasteiger partial charge in [0, 0.05) is 6.54 Å². The van der Waals surface area contributed by atoms with E-state index in [0.717, 1.165) is 11.3 Å². The lowest BCUT2D eigenvalue weighted by atomic mass is 10.0. The summed E-state index contributed by atoms with van der Waals surface area (Å²) in [5.74, 6) is -0.0698. The van der Waals surface area contributed by atoms with E-state index in [1.807, 2.05) is 0 Å². The van der Waals surface area contributed by atoms with Crippen LogP contribution in [0.1, 0.15) is 16.7 Å². The van der Waals surface area contributed by atoms with Crippen molar-refractivity contribution in [2.45, 2.75) is 18.9 Å². The molecule has 27 heavy (non-hydrogen) atoms. The summed E-state index contributed by atoms with van der Waals surface area (Å²) in [7, 11) is 0. The van der Waals surface area contributed by atoms with Gasteiger partial charge in [0.15, 0.2) is 0 Å². The Morgan fingerprint density at radius 3 is 1.93 bits per heavy atom. The second-order valence-electron chi connectivity index (χ2n) is 5.11. The molecular formula is C14H11F6N7. The number of aromatic nitrogens is 2. The molecule has 13 heteroatoms. The van der Waals surface area contributed by atoms with Gasteiger partial charge in [0.1, 0.15) is 12.0 Å². The molecule has 0 spiro atoms. The molecule has 0 saturated heterocycles. The van der Waals surface area contributed by atoms with Crippen LogP contribution in [0.15, 0.2) is 35.8 Å². The second-order valence-corrected chi connectivity index (χ2v) is 5.11. The van der Waals surface area contributed by atoms with Crippen LogP contribution in [0, 0.1) is 10.9 Å². The molecule has 0 atom stereocenters. The minimum Gasteiger partial charge on any atom is -0.350 e. The van der Waals surface area contributed by atoms with Crippen LogP contribution in [0.2, 0.25) is 0 Å². The van der Waals surface area contributed by atoms with Crippen LogP contribution in [0.5, 0.6) is 0 Å². The van der Waals surface area contributed by atoms with Gasteiger partial charge in [-0.05, 0) is 23.8 Å². The van der Waals surface area contributed by atoms with E-state index < -0.39 is 23.5 Å². The Labute approximate surface area is 148 Å². The Kier molecular flexibility index (Phi) is 5.61. The number of nitrogens with one attached hydrogen (secondary N) is 3. The summed E-state index contributed by atoms with van der Waals surface area (Å²) in [5, 5.41) is 13.3. The van der Waals surface area contributed by atoms with Crippen molar-refractivity contribution in [2.75, 3.05) is 10.3 Å². The lowest BCUT2D eigenvalue weighted by Crippen LogP contribution is -2.14. The number of nitrogens with zero attached hydrogens (tertiary/aromatic N) is 4. The Balaban J connectivity index is 2.22. The minimum absolute atomic E-state index is 0.0467. The summed E-state index contributed by atoms with van der Waals surface area (Å²) in [4.78, 5) is 7.60. The first-order valence-electron chi connectivity index (χ1n) is 7.06. The molecule has 0 amide bonds. The van der Waals surface area contributed by atoms with E-state index in [1.165, 1.54) is 12.4 Å². The smallest absolute Gasteiger partial charge is 0.350 e. The zero-order valence-electron chi connectivity index (χ0n) is 13.2. The number of hydrogen-bond acceptors (Lipinski definition) is 6. The number of hydrogen-bond donors (Lipinski definition) is 3. The van der Waals surface area contributed by atoms with Crippen LogP contribution in [-0.4, -0.2) is 16.3 Å². The molecule has 0 aliphatic heterocycles. The van der Waals surface area contributed by atoms with Crippen molar-refractivity contribution in [3.8, 4) is 0 Å². The zero-order valence-corrected chi connectivity index (χ0v) is 13.2. The van der Waals surface area contributed by atoms with Crippen molar-refractivity contribution in [1.82, 2.24) is 9.97 Å². The summed E-state index contributed by atoms with van der Waals surface area (Å²) >= 11 is 0. The van der Waals surface area contributed by atoms with Crippen LogP contribution in [0.25, 0.3) is 0 Å². The number of halogens is 6. The summed E-state index contributed by atoms with van der Waals surface area (Å²) in [5.41, 5.74) is 3.92. The fraction of sp³-hybridized carbons (Fsp3) is 0.214. The quantitative estimate of drug-likeness (QED) is 0.222. The van der Waals surface area contributed by atoms with Crippen molar-refractivity contribution in [2.24, 2.45) is 5.22 Å². The second kappa shape index (κ2) is 7.55. The number of rotatable bonds is 6. The lowest BCUT2D eigenvalue weighted by Gasteiger charge is -2.15. The molecule has 0 unspecified atom stereocenters. The van der Waals surface area contributed by atoms with E-state index in [1.54, 1.807) is 0 Å². The summed E-state index contributed by atoms with van der Waals surface area (Å²) in [6, 6.07) is 1.25. The van der Waals surface area contributed by atoms with Gasteiger partial charge in [0.05, 0.1) is 23.5 Å². The molecule has 0 bridgehead atoms. The zero-order chi connectivity index (χ0) is 20.2. The molecular weight excluding hydrogens is 380 g/mol. The van der Waals surface area contributed by atoms with E-state index in [4.69, 9.17) is 10.9 Å². The van der Waals surface area contributed by atoms with Gasteiger partial charge in [-0.2, -0.15) is 31.9 Å². The summed E-state index contributed by atoms with van der Waals surface area (Å²) in [6.45, 7) is -0.385. The predicted molar refractivity (Wildman–Crippen MR) is 82.2 cm³/mol. The van der Waals surface area contributed by atoms with E-state index in [0.29, 0.717) is 12.1 Å². The maximum atomic E-state index is 12.8. The van der Waals surface area contributed by atoms with Crippen LogP contribution >= 0.6 is 0 Å². The van der Waals surface area contributed by atoms with Gasteiger partial charge in [-0.1, -0.05) is 5.22 Å². The molecule has 3 N–H and O–H groups in total. The third-order valence-corrected chi connectivity index (χ3v) is 3.23. The average molecular weight is 391 g/mol. The first-order chi connectivity index (χ1) is 12.5. The number of benzene rings is 1. The highest BCUT2D eigenvalue weighted by Crippen LogP contribution is 2.36. The SMILES string of the molecule is N=CN(N=N)c1cnc(NCc2cc(C(F)(F)F)cc(C(F)(F)F)c2)nc1. The molecule has 0 aliphatic rings. The molecule has 0 fully saturated rings. The van der Waals surface area contributed by atoms with Crippen molar-refractivity contribution < 1.29 is 26.3 Å². The highest BCUT2D eigenvalue weighted by atomic mass is 19.4. The standard InChI is InChI=1S/C14H11F6N7/c15-13(16,17)9-1-8(2-10(3-9)14(18,19)20)4-23-12-24-5-11(6-25-12)27(7-21)26-22/h1-3,5-7,21-22H,4H2,(H,23,24,25). The lowest BCUT2D eigenvalue weighted by molar-refractivity contribution is -0.143. The average Bonchev–Trinajstić information content (AvgIpc) is 2.60. The molecule has 1 aromatic heterocycles. The van der Waals surface area contributed by atoms with Crippen LogP contribution in [0.3, 0.4) is 0 Å². The van der Waals surface area contributed by atoms with Crippen LogP contribution in [0.4, 0.5) is 38.0 Å². The van der Waals surface area contributed by atoms with E-state index in [-0.39, 0.29) is 29.8 Å². The maximum Gasteiger partial charge on any atom is 0.416 e. The molecule has 1 heterocycles. The van der Waals surface area contributed by atoms with Gasteiger partial charge in [-0.25, -0.2) is 15.0 Å². The molecule has 2 rings (SSSR count). The van der Waals surface area contributed by atoms with Gasteiger partial charge >= 0.3 is 12.4 Å². The van der Waals surface area contributed by atoms with Crippen LogP contribution < -0.4 is 10.3 Å². The molecule has 2 aromatic rings. The normalized spacial score (nSPS) is 11.8. The fourth-order valence-corrected chi connectivity index (χ4v) is 1.99. The van der Waals surface area contributed by atoms with Crippen LogP contribution in [-0.2, 0) is 18.9 Å². The molecule has 0 saturated carbocycles. The summed E-state index contributed by atoms with van der Waals surface area (Å²) in [6.07, 6.45) is -6.79. The third kappa shape index (κ3) is 5.12. The number of anilines is 2. The predicted octanol–water partition coefficient (Wildman–Crippen LogP) is 4.49. The first-order valence-corrected chi connectivity index (χ1v) is 7.06. The Bertz CT molecular complexity index is 776. The monoisotopic (exact) mass is 391 g/mol. The van der Waals surface area contributed by atoms with Crippen molar-refractivity contribution >= 4 is 18.0 Å². The van der Waals surface area contributed by atoms with Gasteiger partial charge < -0.3 is 5.32 Å². The van der Waals surface area contributed by atoms with Crippen molar-refractivity contribution in [1.29, 1.82) is 10.9 Å². The van der Waals surface area contributed by atoms with Crippen molar-refractivity contribution in [3.05, 3.63) is 47.3 Å². The molecule has 1 aromatic carbocycles. The fourth-order valence-electron chi connectivity index (χ4n) is 1.99. The Morgan fingerprint density at radius 2 is 1.52 bits per heavy atom. The topological polar surface area (TPSA) is 101 Å². The Hall–Kier alpha value is -3.25. The number of alkyl halides is 6. The third-order valence-electron chi connectivity index (χ3n) is 3.23. The molecule has 144 valence electrons. The molecule has 0 aliphatic carbocycles. The molecule has 0 radical (unpaired) electrons. The largest absolute Gasteiger partial charge is 0.416 e. The van der Waals surface area contributed by atoms with Gasteiger partial charge in [0.2, 0.25) is 5.95 Å². The minimum atomic E-state index is -4.93. The Morgan fingerprint density at radius 1 is 1.00 bits per heavy atom. The first kappa shape index (κ1) is 20.1. The van der Waals surface area contributed by atoms with E-state index in [9.17, 15) is 26.3 Å². The van der Waals surface area contributed by atoms with Gasteiger partial charge in [-0.15, -0.1) is 0 Å². The highest BCUT2D eigenvalue weighted by Gasteiger charge is 2.36. The van der Waals surface area contributed by atoms with E-state index >= 15 is 0 Å². The molecule has 7 nitrogen and oxygen atoms in total. The van der Waals surface area contributed by atoms with Gasteiger partial charge in [0.25, 0.3) is 0 Å². The maximum absolute atomic E-state index is 12.8. The summed E-state index contributed by atoms with van der Waals surface area (Å²) < 4.78 is 77.0. The van der Waals surface area contributed by atoms with E-state index in [2.05, 4.69) is 20.5 Å². The van der Waals surface area contributed by atoms with Crippen molar-refractivity contribution in [3.63, 3.8) is 0 Å². The van der Waals surface area contributed by atoms with Gasteiger partial charge in [-0.3, -0.25) is 5.41 Å². The highest BCUT2D eigenvalue weighted by molar-refractivity contribution is 5.74.